The highest BCUT2D eigenvalue weighted by atomic mass is 79.9. The van der Waals surface area contributed by atoms with Crippen LogP contribution in [0.4, 0.5) is 0 Å². The number of hydrogen-bond acceptors (Lipinski definition) is 2. The van der Waals surface area contributed by atoms with Gasteiger partial charge in [0.2, 0.25) is 0 Å². The Labute approximate surface area is 128 Å². The summed E-state index contributed by atoms with van der Waals surface area (Å²) in [5.41, 5.74) is 1.30. The summed E-state index contributed by atoms with van der Waals surface area (Å²) in [5, 5.41) is 12.7. The smallest absolute Gasteiger partial charge is 0.306 e. The van der Waals surface area contributed by atoms with Crippen molar-refractivity contribution in [3.8, 4) is 0 Å². The monoisotopic (exact) mass is 339 g/mol. The standard InChI is InChI=1S/C16H22BrNO2/c1-2-15(11-3-7-13(17)8-4-11)18-14-9-5-12(6-10-14)16(19)20/h3-4,7-8,12,14-15,18H,2,5-6,9-10H2,1H3,(H,19,20). The van der Waals surface area contributed by atoms with Gasteiger partial charge in [-0.25, -0.2) is 0 Å². The first-order chi connectivity index (χ1) is 9.60. The molecule has 3 nitrogen and oxygen atoms in total. The molecule has 20 heavy (non-hydrogen) atoms. The summed E-state index contributed by atoms with van der Waals surface area (Å²) in [4.78, 5) is 11.0. The van der Waals surface area contributed by atoms with Crippen molar-refractivity contribution in [2.45, 2.75) is 51.1 Å². The van der Waals surface area contributed by atoms with Gasteiger partial charge in [-0.3, -0.25) is 4.79 Å². The molecule has 0 heterocycles. The number of hydrogen-bond donors (Lipinski definition) is 2. The molecule has 2 N–H and O–H groups in total. The fourth-order valence-electron chi connectivity index (χ4n) is 2.94. The molecular formula is C16H22BrNO2. The van der Waals surface area contributed by atoms with E-state index in [1.165, 1.54) is 5.56 Å². The van der Waals surface area contributed by atoms with Gasteiger partial charge in [0, 0.05) is 16.6 Å². The first-order valence-corrected chi connectivity index (χ1v) is 8.13. The van der Waals surface area contributed by atoms with Crippen molar-refractivity contribution in [2.24, 2.45) is 5.92 Å². The quantitative estimate of drug-likeness (QED) is 0.847. The molecule has 0 bridgehead atoms. The molecule has 0 aromatic heterocycles. The fourth-order valence-corrected chi connectivity index (χ4v) is 3.20. The average Bonchev–Trinajstić information content (AvgIpc) is 2.46. The Morgan fingerprint density at radius 1 is 1.30 bits per heavy atom. The van der Waals surface area contributed by atoms with E-state index in [2.05, 4.69) is 52.4 Å². The lowest BCUT2D eigenvalue weighted by atomic mass is 9.85. The molecule has 110 valence electrons. The highest BCUT2D eigenvalue weighted by molar-refractivity contribution is 9.10. The molecule has 1 aromatic carbocycles. The number of halogens is 1. The number of aliphatic carboxylic acids is 1. The van der Waals surface area contributed by atoms with Gasteiger partial charge in [0.15, 0.2) is 0 Å². The Bertz CT molecular complexity index is 438. The van der Waals surface area contributed by atoms with Gasteiger partial charge in [0.05, 0.1) is 5.92 Å². The summed E-state index contributed by atoms with van der Waals surface area (Å²) >= 11 is 3.46. The van der Waals surface area contributed by atoms with E-state index in [1.54, 1.807) is 0 Å². The van der Waals surface area contributed by atoms with Gasteiger partial charge in [0.25, 0.3) is 0 Å². The number of benzene rings is 1. The van der Waals surface area contributed by atoms with E-state index in [0.29, 0.717) is 12.1 Å². The largest absolute Gasteiger partial charge is 0.481 e. The summed E-state index contributed by atoms with van der Waals surface area (Å²) in [6, 6.07) is 9.23. The number of carboxylic acid groups (broad SMARTS) is 1. The van der Waals surface area contributed by atoms with Gasteiger partial charge in [-0.1, -0.05) is 35.0 Å². The molecule has 0 aliphatic heterocycles. The van der Waals surface area contributed by atoms with Crippen molar-refractivity contribution in [3.63, 3.8) is 0 Å². The molecule has 1 atom stereocenters. The van der Waals surface area contributed by atoms with E-state index in [-0.39, 0.29) is 5.92 Å². The Morgan fingerprint density at radius 3 is 2.40 bits per heavy atom. The molecule has 4 heteroatoms. The zero-order valence-corrected chi connectivity index (χ0v) is 13.4. The van der Waals surface area contributed by atoms with Crippen LogP contribution >= 0.6 is 15.9 Å². The number of nitrogens with one attached hydrogen (secondary N) is 1. The second-order valence-corrected chi connectivity index (χ2v) is 6.48. The molecular weight excluding hydrogens is 318 g/mol. The van der Waals surface area contributed by atoms with Gasteiger partial charge < -0.3 is 10.4 Å². The van der Waals surface area contributed by atoms with Crippen molar-refractivity contribution in [3.05, 3.63) is 34.3 Å². The molecule has 0 saturated heterocycles. The lowest BCUT2D eigenvalue weighted by molar-refractivity contribution is -0.142. The maximum absolute atomic E-state index is 11.0. The van der Waals surface area contributed by atoms with Crippen LogP contribution in [0, 0.1) is 5.92 Å². The summed E-state index contributed by atoms with van der Waals surface area (Å²) < 4.78 is 1.10. The average molecular weight is 340 g/mol. The second-order valence-electron chi connectivity index (χ2n) is 5.57. The molecule has 0 spiro atoms. The number of rotatable bonds is 5. The van der Waals surface area contributed by atoms with Gasteiger partial charge in [-0.2, -0.15) is 0 Å². The van der Waals surface area contributed by atoms with Crippen molar-refractivity contribution in [2.75, 3.05) is 0 Å². The second kappa shape index (κ2) is 7.23. The highest BCUT2D eigenvalue weighted by Crippen LogP contribution is 2.27. The molecule has 1 saturated carbocycles. The summed E-state index contributed by atoms with van der Waals surface area (Å²) in [5.74, 6) is -0.774. The molecule has 1 aliphatic rings. The first kappa shape index (κ1) is 15.5. The van der Waals surface area contributed by atoms with Crippen LogP contribution in [0.2, 0.25) is 0 Å². The maximum atomic E-state index is 11.0. The highest BCUT2D eigenvalue weighted by Gasteiger charge is 2.27. The summed E-state index contributed by atoms with van der Waals surface area (Å²) in [6.07, 6.45) is 4.56. The fraction of sp³-hybridized carbons (Fsp3) is 0.562. The van der Waals surface area contributed by atoms with E-state index in [4.69, 9.17) is 5.11 Å². The normalized spacial score (nSPS) is 24.3. The Balaban J connectivity index is 1.91. The van der Waals surface area contributed by atoms with E-state index in [9.17, 15) is 4.79 Å². The van der Waals surface area contributed by atoms with E-state index < -0.39 is 5.97 Å². The zero-order chi connectivity index (χ0) is 14.5. The predicted molar refractivity (Wildman–Crippen MR) is 83.7 cm³/mol. The molecule has 2 rings (SSSR count). The first-order valence-electron chi connectivity index (χ1n) is 7.34. The van der Waals surface area contributed by atoms with Crippen LogP contribution in [0.15, 0.2) is 28.7 Å². The van der Waals surface area contributed by atoms with E-state index in [0.717, 1.165) is 36.6 Å². The molecule has 1 aliphatic carbocycles. The SMILES string of the molecule is CCC(NC1CCC(C(=O)O)CC1)c1ccc(Br)cc1. The lowest BCUT2D eigenvalue weighted by Crippen LogP contribution is -2.37. The third-order valence-corrected chi connectivity index (χ3v) is 4.72. The zero-order valence-electron chi connectivity index (χ0n) is 11.8. The van der Waals surface area contributed by atoms with E-state index >= 15 is 0 Å². The third-order valence-electron chi connectivity index (χ3n) is 4.19. The van der Waals surface area contributed by atoms with E-state index in [1.807, 2.05) is 0 Å². The van der Waals surface area contributed by atoms with Crippen LogP contribution in [0.3, 0.4) is 0 Å². The third kappa shape index (κ3) is 4.06. The van der Waals surface area contributed by atoms with Crippen LogP contribution < -0.4 is 5.32 Å². The van der Waals surface area contributed by atoms with Crippen LogP contribution in [0.1, 0.15) is 50.6 Å². The summed E-state index contributed by atoms with van der Waals surface area (Å²) in [7, 11) is 0. The van der Waals surface area contributed by atoms with Crippen LogP contribution in [-0.4, -0.2) is 17.1 Å². The Hall–Kier alpha value is -0.870. The molecule has 1 unspecified atom stereocenters. The maximum Gasteiger partial charge on any atom is 0.306 e. The number of carbonyl (C=O) groups is 1. The van der Waals surface area contributed by atoms with Crippen molar-refractivity contribution < 1.29 is 9.90 Å². The molecule has 1 fully saturated rings. The van der Waals surface area contributed by atoms with Crippen LogP contribution in [0.25, 0.3) is 0 Å². The minimum Gasteiger partial charge on any atom is -0.481 e. The van der Waals surface area contributed by atoms with Gasteiger partial charge >= 0.3 is 5.97 Å². The summed E-state index contributed by atoms with van der Waals surface area (Å²) in [6.45, 7) is 2.18. The molecule has 0 radical (unpaired) electrons. The Morgan fingerprint density at radius 2 is 1.90 bits per heavy atom. The van der Waals surface area contributed by atoms with Gasteiger partial charge in [-0.05, 0) is 49.8 Å². The molecule has 0 amide bonds. The number of carboxylic acids is 1. The topological polar surface area (TPSA) is 49.3 Å². The minimum atomic E-state index is -0.636. The van der Waals surface area contributed by atoms with Gasteiger partial charge in [-0.15, -0.1) is 0 Å². The Kier molecular flexibility index (Phi) is 5.61. The van der Waals surface area contributed by atoms with Crippen molar-refractivity contribution in [1.82, 2.24) is 5.32 Å². The predicted octanol–water partition coefficient (Wildman–Crippen LogP) is 4.13. The molecule has 1 aromatic rings. The van der Waals surface area contributed by atoms with Crippen LogP contribution in [0.5, 0.6) is 0 Å². The van der Waals surface area contributed by atoms with Crippen LogP contribution in [-0.2, 0) is 4.79 Å². The lowest BCUT2D eigenvalue weighted by Gasteiger charge is -2.30. The van der Waals surface area contributed by atoms with Gasteiger partial charge in [0.1, 0.15) is 0 Å². The van der Waals surface area contributed by atoms with Crippen molar-refractivity contribution in [1.29, 1.82) is 0 Å². The van der Waals surface area contributed by atoms with Crippen molar-refractivity contribution >= 4 is 21.9 Å². The minimum absolute atomic E-state index is 0.138.